The van der Waals surface area contributed by atoms with Gasteiger partial charge >= 0.3 is 0 Å². The Morgan fingerprint density at radius 3 is 1.70 bits per heavy atom. The van der Waals surface area contributed by atoms with Crippen LogP contribution in [0.5, 0.6) is 0 Å². The van der Waals surface area contributed by atoms with Crippen LogP contribution in [0.4, 0.5) is 0 Å². The Morgan fingerprint density at radius 2 is 0.929 bits per heavy atom. The summed E-state index contributed by atoms with van der Waals surface area (Å²) in [5.74, 6) is 1.86. The van der Waals surface area contributed by atoms with Crippen LogP contribution >= 0.6 is 11.3 Å². The van der Waals surface area contributed by atoms with E-state index in [1.165, 1.54) is 36.5 Å². The molecular weight excluding hydrogens is 701 g/mol. The van der Waals surface area contributed by atoms with Gasteiger partial charge in [0, 0.05) is 42.9 Å². The monoisotopic (exact) mass is 732 g/mol. The van der Waals surface area contributed by atoms with Crippen LogP contribution in [0.2, 0.25) is 0 Å². The van der Waals surface area contributed by atoms with E-state index in [0.29, 0.717) is 17.5 Å². The van der Waals surface area contributed by atoms with Crippen molar-refractivity contribution >= 4 is 53.3 Å². The van der Waals surface area contributed by atoms with E-state index in [4.69, 9.17) is 15.0 Å². The molecule has 0 unspecified atom stereocenters. The maximum atomic E-state index is 5.38. The first kappa shape index (κ1) is 32.2. The van der Waals surface area contributed by atoms with Gasteiger partial charge < -0.3 is 4.57 Å². The highest BCUT2D eigenvalue weighted by atomic mass is 32.1. The van der Waals surface area contributed by atoms with Crippen LogP contribution in [0.15, 0.2) is 194 Å². The van der Waals surface area contributed by atoms with Gasteiger partial charge in [0.25, 0.3) is 0 Å². The Hall–Kier alpha value is -7.21. The normalized spacial score (nSPS) is 11.6. The van der Waals surface area contributed by atoms with E-state index in [2.05, 4.69) is 174 Å². The number of thiophene rings is 1. The molecule has 0 spiro atoms. The summed E-state index contributed by atoms with van der Waals surface area (Å²) in [4.78, 5) is 15.9. The fourth-order valence-electron chi connectivity index (χ4n) is 8.08. The van der Waals surface area contributed by atoms with Crippen LogP contribution in [-0.4, -0.2) is 19.5 Å². The topological polar surface area (TPSA) is 43.6 Å². The van der Waals surface area contributed by atoms with Crippen molar-refractivity contribution in [2.24, 2.45) is 0 Å². The van der Waals surface area contributed by atoms with Crippen LogP contribution in [0.25, 0.3) is 104 Å². The summed E-state index contributed by atoms with van der Waals surface area (Å²) in [7, 11) is 0. The van der Waals surface area contributed by atoms with E-state index in [-0.39, 0.29) is 0 Å². The average Bonchev–Trinajstić information content (AvgIpc) is 3.83. The van der Waals surface area contributed by atoms with Crippen molar-refractivity contribution < 1.29 is 0 Å². The van der Waals surface area contributed by atoms with Crippen LogP contribution in [-0.2, 0) is 0 Å². The van der Waals surface area contributed by atoms with E-state index >= 15 is 0 Å². The number of rotatable bonds is 6. The molecule has 0 saturated carbocycles. The molecule has 0 bridgehead atoms. The minimum Gasteiger partial charge on any atom is -0.307 e. The van der Waals surface area contributed by atoms with Crippen LogP contribution in [0.1, 0.15) is 0 Å². The van der Waals surface area contributed by atoms with Gasteiger partial charge in [0.15, 0.2) is 17.5 Å². The summed E-state index contributed by atoms with van der Waals surface area (Å²) in [6, 6.07) is 68.4. The van der Waals surface area contributed by atoms with Gasteiger partial charge in [-0.2, -0.15) is 0 Å². The standard InChI is InChI=1S/C51H32N4S/c1-4-16-33(17-5-1)36-28-29-43(45(32-36)55-44-26-14-12-23-38(44)40-30-31-41-39-24-13-15-27-46(39)56-48(41)47(40)55)51-53-49(35-20-8-3-9-21-35)52-50(54-51)42-25-11-10-22-37(42)34-18-6-2-7-19-34/h1-32H. The van der Waals surface area contributed by atoms with Crippen LogP contribution in [0.3, 0.4) is 0 Å². The molecule has 0 saturated heterocycles. The van der Waals surface area contributed by atoms with Crippen molar-refractivity contribution in [1.29, 1.82) is 0 Å². The van der Waals surface area contributed by atoms with Gasteiger partial charge in [-0.3, -0.25) is 0 Å². The summed E-state index contributed by atoms with van der Waals surface area (Å²) in [6.07, 6.45) is 0. The Labute approximate surface area is 327 Å². The quantitative estimate of drug-likeness (QED) is 0.171. The minimum absolute atomic E-state index is 0.612. The lowest BCUT2D eigenvalue weighted by molar-refractivity contribution is 1.07. The molecule has 8 aromatic carbocycles. The van der Waals surface area contributed by atoms with E-state index in [1.807, 2.05) is 35.6 Å². The molecule has 0 fully saturated rings. The van der Waals surface area contributed by atoms with Crippen molar-refractivity contribution in [3.8, 4) is 62.1 Å². The molecule has 0 amide bonds. The maximum absolute atomic E-state index is 5.38. The average molecular weight is 733 g/mol. The van der Waals surface area contributed by atoms with E-state index in [0.717, 1.165) is 50.1 Å². The smallest absolute Gasteiger partial charge is 0.166 e. The molecule has 0 aliphatic rings. The third kappa shape index (κ3) is 5.32. The molecule has 5 heteroatoms. The maximum Gasteiger partial charge on any atom is 0.166 e. The molecular formula is C51H32N4S. The zero-order valence-electron chi connectivity index (χ0n) is 30.2. The second kappa shape index (κ2) is 13.3. The van der Waals surface area contributed by atoms with Crippen LogP contribution in [0, 0.1) is 0 Å². The molecule has 4 nitrogen and oxygen atoms in total. The molecule has 0 aliphatic heterocycles. The zero-order chi connectivity index (χ0) is 37.0. The number of aromatic nitrogens is 4. The third-order valence-corrected chi connectivity index (χ3v) is 11.9. The summed E-state index contributed by atoms with van der Waals surface area (Å²) in [6.45, 7) is 0. The molecule has 11 rings (SSSR count). The number of hydrogen-bond acceptors (Lipinski definition) is 4. The lowest BCUT2D eigenvalue weighted by atomic mass is 9.99. The molecule has 0 radical (unpaired) electrons. The summed E-state index contributed by atoms with van der Waals surface area (Å²) in [5.41, 5.74) is 10.6. The predicted molar refractivity (Wildman–Crippen MR) is 234 cm³/mol. The third-order valence-electron chi connectivity index (χ3n) is 10.7. The van der Waals surface area contributed by atoms with Crippen molar-refractivity contribution in [2.45, 2.75) is 0 Å². The number of benzene rings is 8. The number of fused-ring (bicyclic) bond motifs is 7. The van der Waals surface area contributed by atoms with Gasteiger partial charge in [-0.15, -0.1) is 11.3 Å². The van der Waals surface area contributed by atoms with Gasteiger partial charge in [-0.25, -0.2) is 15.0 Å². The highest BCUT2D eigenvalue weighted by Crippen LogP contribution is 2.45. The summed E-state index contributed by atoms with van der Waals surface area (Å²) in [5, 5.41) is 4.95. The molecule has 0 atom stereocenters. The first-order valence-corrected chi connectivity index (χ1v) is 19.6. The molecule has 0 N–H and O–H groups in total. The Kier molecular flexibility index (Phi) is 7.64. The van der Waals surface area contributed by atoms with Gasteiger partial charge in [-0.1, -0.05) is 170 Å². The number of nitrogens with zero attached hydrogens (tertiary/aromatic N) is 4. The Balaban J connectivity index is 1.25. The predicted octanol–water partition coefficient (Wildman–Crippen LogP) is 13.7. The second-order valence-electron chi connectivity index (χ2n) is 14.0. The number of para-hydroxylation sites is 1. The molecule has 11 aromatic rings. The largest absolute Gasteiger partial charge is 0.307 e. The SMILES string of the molecule is c1ccc(-c2ccc(-c3nc(-c4ccccc4)nc(-c4ccccc4-c4ccccc4)n3)c(-n3c4ccccc4c4ccc5c6ccccc6sc5c43)c2)cc1. The fourth-order valence-corrected chi connectivity index (χ4v) is 9.32. The van der Waals surface area contributed by atoms with Crippen molar-refractivity contribution in [2.75, 3.05) is 0 Å². The van der Waals surface area contributed by atoms with Gasteiger partial charge in [0.1, 0.15) is 0 Å². The van der Waals surface area contributed by atoms with Crippen LogP contribution < -0.4 is 0 Å². The van der Waals surface area contributed by atoms with Crippen molar-refractivity contribution in [3.63, 3.8) is 0 Å². The second-order valence-corrected chi connectivity index (χ2v) is 15.0. The molecule has 262 valence electrons. The molecule has 3 aromatic heterocycles. The van der Waals surface area contributed by atoms with Crippen molar-refractivity contribution in [1.82, 2.24) is 19.5 Å². The van der Waals surface area contributed by atoms with Crippen molar-refractivity contribution in [3.05, 3.63) is 194 Å². The van der Waals surface area contributed by atoms with Gasteiger partial charge in [0.05, 0.1) is 21.4 Å². The number of hydrogen-bond donors (Lipinski definition) is 0. The highest BCUT2D eigenvalue weighted by Gasteiger charge is 2.23. The van der Waals surface area contributed by atoms with Gasteiger partial charge in [-0.05, 0) is 46.5 Å². The Morgan fingerprint density at radius 1 is 0.357 bits per heavy atom. The molecule has 3 heterocycles. The lowest BCUT2D eigenvalue weighted by Gasteiger charge is -2.17. The van der Waals surface area contributed by atoms with E-state index < -0.39 is 0 Å². The first-order valence-electron chi connectivity index (χ1n) is 18.8. The molecule has 0 aliphatic carbocycles. The Bertz CT molecular complexity index is 3240. The minimum atomic E-state index is 0.612. The first-order chi connectivity index (χ1) is 27.8. The van der Waals surface area contributed by atoms with E-state index in [1.54, 1.807) is 0 Å². The van der Waals surface area contributed by atoms with Gasteiger partial charge in [0.2, 0.25) is 0 Å². The fraction of sp³-hybridized carbons (Fsp3) is 0. The zero-order valence-corrected chi connectivity index (χ0v) is 31.0. The highest BCUT2D eigenvalue weighted by molar-refractivity contribution is 7.26. The summed E-state index contributed by atoms with van der Waals surface area (Å²) < 4.78 is 4.99. The summed E-state index contributed by atoms with van der Waals surface area (Å²) >= 11 is 1.85. The lowest BCUT2D eigenvalue weighted by Crippen LogP contribution is -2.04. The molecule has 56 heavy (non-hydrogen) atoms. The van der Waals surface area contributed by atoms with E-state index in [9.17, 15) is 0 Å².